The predicted molar refractivity (Wildman–Crippen MR) is 108 cm³/mol. The molecule has 2 atom stereocenters. The molecular weight excluding hydrogens is 462 g/mol. The van der Waals surface area contributed by atoms with E-state index in [0.717, 1.165) is 0 Å². The van der Waals surface area contributed by atoms with Crippen LogP contribution in [0, 0.1) is 27.6 Å². The van der Waals surface area contributed by atoms with Crippen molar-refractivity contribution < 1.29 is 51.0 Å². The van der Waals surface area contributed by atoms with Crippen molar-refractivity contribution in [2.75, 3.05) is 0 Å². The molecule has 0 bridgehead atoms. The molecule has 0 N–H and O–H groups in total. The van der Waals surface area contributed by atoms with Gasteiger partial charge in [0.05, 0.1) is 0 Å². The number of halogens is 2. The number of hydrogen-bond donors (Lipinski definition) is 0. The van der Waals surface area contributed by atoms with E-state index in [9.17, 15) is 0 Å². The van der Waals surface area contributed by atoms with E-state index in [2.05, 4.69) is 79.7 Å². The predicted octanol–water partition coefficient (Wildman–Crippen LogP) is 1.12. The van der Waals surface area contributed by atoms with Gasteiger partial charge in [0.2, 0.25) is 0 Å². The molecule has 0 saturated heterocycles. The van der Waals surface area contributed by atoms with Crippen LogP contribution in [0.15, 0.2) is 35.4 Å². The molecule has 28 heavy (non-hydrogen) atoms. The zero-order valence-corrected chi connectivity index (χ0v) is 22.7. The number of allylic oxidation sites excluding steroid dienone is 2. The van der Waals surface area contributed by atoms with Gasteiger partial charge in [-0.1, -0.05) is 108 Å². The van der Waals surface area contributed by atoms with Crippen LogP contribution in [0.3, 0.4) is 0 Å². The summed E-state index contributed by atoms with van der Waals surface area (Å²) in [5.41, 5.74) is 7.72. The fraction of sp³-hybridized carbons (Fsp3) is 0.640. The van der Waals surface area contributed by atoms with Crippen molar-refractivity contribution in [2.24, 2.45) is 21.7 Å². The average molecular weight is 498 g/mol. The van der Waals surface area contributed by atoms with E-state index in [-0.39, 0.29) is 72.7 Å². The fourth-order valence-electron chi connectivity index (χ4n) is 6.59. The molecule has 3 aliphatic carbocycles. The summed E-state index contributed by atoms with van der Waals surface area (Å²) < 4.78 is 0. The van der Waals surface area contributed by atoms with Crippen molar-refractivity contribution in [3.05, 3.63) is 52.5 Å². The Morgan fingerprint density at radius 3 is 2.07 bits per heavy atom. The van der Waals surface area contributed by atoms with Crippen LogP contribution in [0.1, 0.15) is 85.3 Å². The van der Waals surface area contributed by atoms with Gasteiger partial charge in [-0.2, -0.15) is 0 Å². The summed E-state index contributed by atoms with van der Waals surface area (Å²) >= 11 is 0. The van der Waals surface area contributed by atoms with Crippen molar-refractivity contribution in [2.45, 2.75) is 80.6 Å². The Balaban J connectivity index is 0.00000131. The zero-order valence-electron chi connectivity index (χ0n) is 18.8. The van der Waals surface area contributed by atoms with Crippen LogP contribution in [0.5, 0.6) is 0 Å². The molecule has 0 aromatic heterocycles. The van der Waals surface area contributed by atoms with Crippen molar-refractivity contribution in [3.63, 3.8) is 0 Å². The SMILES string of the molecule is C[C-]1C2=C3Cc4ccccc4C3CCC2(C)C(C)(C)C(C)(C)C1(C)C.[Cl-].[Cl-].[Zr+3]. The van der Waals surface area contributed by atoms with Crippen molar-refractivity contribution in [1.29, 1.82) is 0 Å². The van der Waals surface area contributed by atoms with Crippen LogP contribution in [0.4, 0.5) is 0 Å². The molecule has 3 heteroatoms. The molecule has 0 heterocycles. The minimum atomic E-state index is 0. The van der Waals surface area contributed by atoms with Gasteiger partial charge in [0.25, 0.3) is 0 Å². The van der Waals surface area contributed by atoms with Crippen molar-refractivity contribution in [3.8, 4) is 0 Å². The number of benzene rings is 1. The summed E-state index contributed by atoms with van der Waals surface area (Å²) in [5, 5.41) is 0. The van der Waals surface area contributed by atoms with E-state index in [1.54, 1.807) is 28.2 Å². The maximum Gasteiger partial charge on any atom is 3.00 e. The molecule has 1 aromatic carbocycles. The second-order valence-electron chi connectivity index (χ2n) is 10.7. The second-order valence-corrected chi connectivity index (χ2v) is 10.7. The third kappa shape index (κ3) is 2.89. The minimum absolute atomic E-state index is 0. The van der Waals surface area contributed by atoms with E-state index in [4.69, 9.17) is 0 Å². The molecule has 1 aromatic rings. The minimum Gasteiger partial charge on any atom is -1.00 e. The van der Waals surface area contributed by atoms with Gasteiger partial charge >= 0.3 is 26.2 Å². The number of rotatable bonds is 0. The topological polar surface area (TPSA) is 0 Å². The first kappa shape index (κ1) is 26.3. The maximum atomic E-state index is 2.58. The van der Waals surface area contributed by atoms with Crippen molar-refractivity contribution in [1.82, 2.24) is 0 Å². The fourth-order valence-corrected chi connectivity index (χ4v) is 6.59. The Morgan fingerprint density at radius 1 is 0.893 bits per heavy atom. The molecule has 1 radical (unpaired) electrons. The quantitative estimate of drug-likeness (QED) is 0.472. The van der Waals surface area contributed by atoms with Gasteiger partial charge in [-0.15, -0.1) is 6.92 Å². The standard InChI is InChI=1S/C25H35.2ClH.Zr/c1-16-21-20-15-17-11-9-10-12-18(17)19(20)13-14-25(21,8)24(6,7)23(4,5)22(16,2)3;;;/h9-12,19H,13-15H2,1-8H3;2*1H;/q-1;;;+3/p-2. The molecule has 2 unspecified atom stereocenters. The van der Waals surface area contributed by atoms with Gasteiger partial charge < -0.3 is 24.8 Å². The molecule has 1 fully saturated rings. The molecule has 0 aliphatic heterocycles. The molecule has 3 aliphatic rings. The van der Waals surface area contributed by atoms with Gasteiger partial charge in [-0.25, -0.2) is 17.1 Å². The Labute approximate surface area is 204 Å². The Hall–Kier alpha value is 0.293. The van der Waals surface area contributed by atoms with Gasteiger partial charge in [0, 0.05) is 0 Å². The molecular formula is C25H35Cl2Zr. The van der Waals surface area contributed by atoms with Crippen LogP contribution in [0.2, 0.25) is 0 Å². The van der Waals surface area contributed by atoms with Gasteiger partial charge in [0.15, 0.2) is 0 Å². The number of fused-ring (bicyclic) bond motifs is 4. The summed E-state index contributed by atoms with van der Waals surface area (Å²) in [6.45, 7) is 20.1. The number of hydrogen-bond acceptors (Lipinski definition) is 0. The van der Waals surface area contributed by atoms with Gasteiger partial charge in [-0.3, -0.25) is 0 Å². The zero-order chi connectivity index (χ0) is 18.4. The third-order valence-corrected chi connectivity index (χ3v) is 9.85. The van der Waals surface area contributed by atoms with Gasteiger partial charge in [-0.05, 0) is 22.7 Å². The summed E-state index contributed by atoms with van der Waals surface area (Å²) in [7, 11) is 0. The first-order valence-electron chi connectivity index (χ1n) is 10.1. The van der Waals surface area contributed by atoms with Crippen LogP contribution < -0.4 is 24.8 Å². The Bertz CT molecular complexity index is 775. The van der Waals surface area contributed by atoms with E-state index in [1.807, 2.05) is 0 Å². The maximum absolute atomic E-state index is 2.58. The molecule has 153 valence electrons. The molecule has 0 amide bonds. The second kappa shape index (κ2) is 7.77. The summed E-state index contributed by atoms with van der Waals surface area (Å²) in [6.07, 6.45) is 3.81. The van der Waals surface area contributed by atoms with Crippen molar-refractivity contribution >= 4 is 0 Å². The molecule has 1 saturated carbocycles. The Morgan fingerprint density at radius 2 is 1.46 bits per heavy atom. The van der Waals surface area contributed by atoms with E-state index in [1.165, 1.54) is 19.3 Å². The van der Waals surface area contributed by atoms with E-state index < -0.39 is 0 Å². The van der Waals surface area contributed by atoms with E-state index >= 15 is 0 Å². The summed E-state index contributed by atoms with van der Waals surface area (Å²) in [6, 6.07) is 9.19. The van der Waals surface area contributed by atoms with Crippen LogP contribution >= 0.6 is 0 Å². The monoisotopic (exact) mass is 495 g/mol. The molecule has 0 nitrogen and oxygen atoms in total. The smallest absolute Gasteiger partial charge is 1.00 e. The van der Waals surface area contributed by atoms with E-state index in [0.29, 0.717) is 5.92 Å². The first-order chi connectivity index (χ1) is 11.5. The summed E-state index contributed by atoms with van der Waals surface area (Å²) in [5.74, 6) is 2.33. The molecule has 4 rings (SSSR count). The first-order valence-corrected chi connectivity index (χ1v) is 10.1. The van der Waals surface area contributed by atoms with Gasteiger partial charge in [0.1, 0.15) is 0 Å². The third-order valence-electron chi connectivity index (χ3n) is 9.85. The Kier molecular flexibility index (Phi) is 7.30. The average Bonchev–Trinajstić information content (AvgIpc) is 2.91. The molecule has 0 spiro atoms. The van der Waals surface area contributed by atoms with Crippen LogP contribution in [-0.4, -0.2) is 0 Å². The normalized spacial score (nSPS) is 30.7. The largest absolute Gasteiger partial charge is 3.00 e. The summed E-state index contributed by atoms with van der Waals surface area (Å²) in [4.78, 5) is 0. The van der Waals surface area contributed by atoms with Crippen LogP contribution in [0.25, 0.3) is 0 Å². The van der Waals surface area contributed by atoms with Crippen LogP contribution in [-0.2, 0) is 32.6 Å².